The summed E-state index contributed by atoms with van der Waals surface area (Å²) in [6.07, 6.45) is -12.2. The van der Waals surface area contributed by atoms with E-state index in [1.807, 2.05) is 0 Å². The van der Waals surface area contributed by atoms with Gasteiger partial charge in [-0.05, 0) is 23.5 Å². The van der Waals surface area contributed by atoms with Crippen LogP contribution in [0.1, 0.15) is 16.7 Å². The van der Waals surface area contributed by atoms with E-state index in [4.69, 9.17) is 0 Å². The van der Waals surface area contributed by atoms with Crippen molar-refractivity contribution >= 4 is 11.6 Å². The molecule has 0 saturated carbocycles. The third-order valence-corrected chi connectivity index (χ3v) is 6.32. The van der Waals surface area contributed by atoms with Gasteiger partial charge in [-0.2, -0.15) is 26.3 Å². The van der Waals surface area contributed by atoms with Crippen molar-refractivity contribution in [3.8, 4) is 0 Å². The summed E-state index contributed by atoms with van der Waals surface area (Å²) in [7, 11) is 0. The highest BCUT2D eigenvalue weighted by Crippen LogP contribution is 2.63. The molecule has 0 radical (unpaired) electrons. The lowest BCUT2D eigenvalue weighted by atomic mass is 9.58. The summed E-state index contributed by atoms with van der Waals surface area (Å²) < 4.78 is 86.5. The predicted molar refractivity (Wildman–Crippen MR) is 99.4 cm³/mol. The Bertz CT molecular complexity index is 1050. The van der Waals surface area contributed by atoms with Gasteiger partial charge in [0.05, 0.1) is 10.8 Å². The molecule has 0 N–H and O–H groups in total. The van der Waals surface area contributed by atoms with Crippen molar-refractivity contribution in [3.63, 3.8) is 0 Å². The minimum Gasteiger partial charge on any atom is -0.338 e. The Labute approximate surface area is 177 Å². The molecule has 2 aromatic rings. The highest BCUT2D eigenvalue weighted by atomic mass is 19.4. The summed E-state index contributed by atoms with van der Waals surface area (Å²) in [5.41, 5.74) is -6.68. The fourth-order valence-electron chi connectivity index (χ4n) is 5.12. The molecule has 4 rings (SSSR count). The highest BCUT2D eigenvalue weighted by Gasteiger charge is 2.80. The number of carbonyl (C=O) groups is 1. The van der Waals surface area contributed by atoms with Gasteiger partial charge in [-0.25, -0.2) is 0 Å². The van der Waals surface area contributed by atoms with Crippen LogP contribution in [0.4, 0.5) is 32.0 Å². The molecule has 0 spiro atoms. The van der Waals surface area contributed by atoms with Gasteiger partial charge in [0.25, 0.3) is 5.69 Å². The summed E-state index contributed by atoms with van der Waals surface area (Å²) in [5.74, 6) is -5.10. The second-order valence-corrected chi connectivity index (χ2v) is 8.01. The minimum atomic E-state index is -5.91. The maximum Gasteiger partial charge on any atom is 0.408 e. The van der Waals surface area contributed by atoms with E-state index in [2.05, 4.69) is 0 Å². The zero-order chi connectivity index (χ0) is 23.5. The molecule has 2 aromatic carbocycles. The number of fused-ring (bicyclic) bond motifs is 2. The van der Waals surface area contributed by atoms with E-state index in [0.29, 0.717) is 11.6 Å². The average molecular weight is 458 g/mol. The predicted octanol–water partition coefficient (Wildman–Crippen LogP) is 4.79. The number of amides is 1. The lowest BCUT2D eigenvalue weighted by Gasteiger charge is -2.46. The summed E-state index contributed by atoms with van der Waals surface area (Å²) in [6.45, 7) is -0.519. The van der Waals surface area contributed by atoms with Crippen molar-refractivity contribution < 1.29 is 36.1 Å². The summed E-state index contributed by atoms with van der Waals surface area (Å²) >= 11 is 0. The number of likely N-dealkylation sites (tertiary alicyclic amines) is 1. The van der Waals surface area contributed by atoms with Crippen LogP contribution in [0.3, 0.4) is 0 Å². The quantitative estimate of drug-likeness (QED) is 0.378. The van der Waals surface area contributed by atoms with Crippen molar-refractivity contribution in [2.45, 2.75) is 30.7 Å². The summed E-state index contributed by atoms with van der Waals surface area (Å²) in [4.78, 5) is 24.5. The molecule has 2 atom stereocenters. The molecule has 2 aliphatic rings. The van der Waals surface area contributed by atoms with E-state index in [0.717, 1.165) is 17.0 Å². The number of hydrogen-bond donors (Lipinski definition) is 0. The van der Waals surface area contributed by atoms with Gasteiger partial charge < -0.3 is 4.90 Å². The summed E-state index contributed by atoms with van der Waals surface area (Å²) in [5, 5.41) is 11.4. The third-order valence-electron chi connectivity index (χ3n) is 6.32. The average Bonchev–Trinajstić information content (AvgIpc) is 2.99. The fraction of sp³-hybridized carbons (Fsp3) is 0.381. The first-order valence-electron chi connectivity index (χ1n) is 9.62. The largest absolute Gasteiger partial charge is 0.408 e. The monoisotopic (exact) mass is 458 g/mol. The maximum atomic E-state index is 14.4. The second-order valence-electron chi connectivity index (χ2n) is 8.01. The number of benzene rings is 2. The van der Waals surface area contributed by atoms with Crippen molar-refractivity contribution in [1.82, 2.24) is 4.90 Å². The van der Waals surface area contributed by atoms with Crippen molar-refractivity contribution in [2.24, 2.45) is 11.8 Å². The molecule has 1 heterocycles. The van der Waals surface area contributed by atoms with Crippen LogP contribution in [0.2, 0.25) is 0 Å². The van der Waals surface area contributed by atoms with Gasteiger partial charge in [0.15, 0.2) is 5.41 Å². The number of halogens is 6. The van der Waals surface area contributed by atoms with Crippen LogP contribution >= 0.6 is 0 Å². The SMILES string of the molecule is O=C1[C@H]2[C@@H](Cc3c([N+](=O)[O-])cccc3C2(C(F)(F)F)C(F)(F)F)CN1Cc1ccccc1. The Kier molecular flexibility index (Phi) is 4.98. The van der Waals surface area contributed by atoms with Crippen LogP contribution < -0.4 is 0 Å². The van der Waals surface area contributed by atoms with Gasteiger partial charge in [-0.15, -0.1) is 0 Å². The molecule has 0 bridgehead atoms. The Balaban J connectivity index is 1.93. The smallest absolute Gasteiger partial charge is 0.338 e. The Morgan fingerprint density at radius 3 is 2.19 bits per heavy atom. The molecule has 0 aromatic heterocycles. The van der Waals surface area contributed by atoms with Gasteiger partial charge >= 0.3 is 12.4 Å². The number of carbonyl (C=O) groups excluding carboxylic acids is 1. The van der Waals surface area contributed by atoms with Crippen LogP contribution in [0.25, 0.3) is 0 Å². The number of nitro groups is 1. The van der Waals surface area contributed by atoms with Crippen LogP contribution in [-0.4, -0.2) is 34.6 Å². The highest BCUT2D eigenvalue weighted by molar-refractivity contribution is 5.85. The molecular formula is C21H16F6N2O3. The molecule has 1 fully saturated rings. The topological polar surface area (TPSA) is 63.4 Å². The first-order valence-corrected chi connectivity index (χ1v) is 9.62. The first kappa shape index (κ1) is 22.1. The van der Waals surface area contributed by atoms with Crippen molar-refractivity contribution in [3.05, 3.63) is 75.3 Å². The fourth-order valence-corrected chi connectivity index (χ4v) is 5.12. The van der Waals surface area contributed by atoms with E-state index < -0.39 is 63.7 Å². The van der Waals surface area contributed by atoms with E-state index in [-0.39, 0.29) is 13.1 Å². The van der Waals surface area contributed by atoms with Gasteiger partial charge in [-0.3, -0.25) is 14.9 Å². The van der Waals surface area contributed by atoms with Gasteiger partial charge in [0.2, 0.25) is 5.91 Å². The molecule has 1 amide bonds. The number of nitrogens with zero attached hydrogens (tertiary/aromatic N) is 2. The molecule has 5 nitrogen and oxygen atoms in total. The number of alkyl halides is 6. The van der Waals surface area contributed by atoms with Gasteiger partial charge in [-0.1, -0.05) is 42.5 Å². The Morgan fingerprint density at radius 1 is 1.00 bits per heavy atom. The van der Waals surface area contributed by atoms with Crippen molar-refractivity contribution in [2.75, 3.05) is 6.54 Å². The minimum absolute atomic E-state index is 0.156. The van der Waals surface area contributed by atoms with Crippen LogP contribution in [-0.2, 0) is 23.2 Å². The lowest BCUT2D eigenvalue weighted by molar-refractivity contribution is -0.386. The Hall–Kier alpha value is -3.11. The van der Waals surface area contributed by atoms with Gasteiger partial charge in [0, 0.05) is 24.7 Å². The molecule has 11 heteroatoms. The molecule has 1 aliphatic carbocycles. The zero-order valence-electron chi connectivity index (χ0n) is 16.3. The maximum absolute atomic E-state index is 14.4. The van der Waals surface area contributed by atoms with E-state index in [9.17, 15) is 41.3 Å². The van der Waals surface area contributed by atoms with Crippen LogP contribution in [0, 0.1) is 22.0 Å². The first-order chi connectivity index (χ1) is 14.9. The van der Waals surface area contributed by atoms with E-state index in [1.54, 1.807) is 30.3 Å². The summed E-state index contributed by atoms with van der Waals surface area (Å²) in [6, 6.07) is 10.5. The van der Waals surface area contributed by atoms with Crippen molar-refractivity contribution in [1.29, 1.82) is 0 Å². The lowest BCUT2D eigenvalue weighted by Crippen LogP contribution is -2.63. The Morgan fingerprint density at radius 2 is 1.62 bits per heavy atom. The van der Waals surface area contributed by atoms with E-state index in [1.165, 1.54) is 0 Å². The van der Waals surface area contributed by atoms with Crippen LogP contribution in [0.5, 0.6) is 0 Å². The molecule has 1 saturated heterocycles. The molecule has 0 unspecified atom stereocenters. The van der Waals surface area contributed by atoms with Crippen LogP contribution in [0.15, 0.2) is 48.5 Å². The standard InChI is InChI=1S/C21H16F6N2O3/c22-20(23,24)19(21(25,26)27)15-7-4-8-16(29(31)32)14(15)9-13-11-28(18(30)17(13)19)10-12-5-2-1-3-6-12/h1-8,13,17H,9-11H2/t13-,17+/m0/s1. The molecule has 170 valence electrons. The second kappa shape index (κ2) is 7.21. The molecule has 32 heavy (non-hydrogen) atoms. The number of nitro benzene ring substituents is 1. The van der Waals surface area contributed by atoms with Gasteiger partial charge in [0.1, 0.15) is 0 Å². The molecular weight excluding hydrogens is 442 g/mol. The number of hydrogen-bond acceptors (Lipinski definition) is 3. The number of rotatable bonds is 3. The zero-order valence-corrected chi connectivity index (χ0v) is 16.3. The normalized spacial score (nSPS) is 22.4. The molecule has 1 aliphatic heterocycles. The third kappa shape index (κ3) is 3.05. The van der Waals surface area contributed by atoms with E-state index >= 15 is 0 Å².